The minimum atomic E-state index is 0.355. The van der Waals surface area contributed by atoms with Gasteiger partial charge in [-0.1, -0.05) is 6.92 Å². The highest BCUT2D eigenvalue weighted by molar-refractivity contribution is 5.88. The lowest BCUT2D eigenvalue weighted by molar-refractivity contribution is 0.486. The molecule has 2 aromatic heterocycles. The Balaban J connectivity index is 2.67. The quantitative estimate of drug-likeness (QED) is 0.761. The summed E-state index contributed by atoms with van der Waals surface area (Å²) in [6, 6.07) is 0.355. The van der Waals surface area contributed by atoms with E-state index in [2.05, 4.69) is 29.1 Å². The molecule has 0 aliphatic rings. The minimum Gasteiger partial charge on any atom is -0.383 e. The maximum atomic E-state index is 5.76. The molecule has 0 aromatic carbocycles. The van der Waals surface area contributed by atoms with Gasteiger partial charge in [0.05, 0.1) is 17.1 Å². The van der Waals surface area contributed by atoms with Crippen LogP contribution in [0.1, 0.15) is 32.0 Å². The SMILES string of the molecule is CCC(C)n1nc(C)c2c(N)[nH]nc21. The molecule has 1 unspecified atom stereocenters. The lowest BCUT2D eigenvalue weighted by Gasteiger charge is -2.08. The Bertz CT molecular complexity index is 453. The van der Waals surface area contributed by atoms with Crippen LogP contribution in [0.15, 0.2) is 0 Å². The van der Waals surface area contributed by atoms with Crippen LogP contribution >= 0.6 is 0 Å². The van der Waals surface area contributed by atoms with Gasteiger partial charge >= 0.3 is 0 Å². The van der Waals surface area contributed by atoms with Gasteiger partial charge in [0.1, 0.15) is 5.82 Å². The molecular weight excluding hydrogens is 178 g/mol. The van der Waals surface area contributed by atoms with Crippen LogP contribution in [0.3, 0.4) is 0 Å². The van der Waals surface area contributed by atoms with E-state index in [-0.39, 0.29) is 0 Å². The molecule has 0 bridgehead atoms. The topological polar surface area (TPSA) is 72.5 Å². The normalized spacial score (nSPS) is 13.6. The predicted octanol–water partition coefficient (Wildman–Crippen LogP) is 1.62. The van der Waals surface area contributed by atoms with Crippen LogP contribution in [0.5, 0.6) is 0 Å². The number of fused-ring (bicyclic) bond motifs is 1. The highest BCUT2D eigenvalue weighted by atomic mass is 15.4. The molecule has 0 saturated carbocycles. The zero-order valence-corrected chi connectivity index (χ0v) is 8.70. The molecular formula is C9H15N5. The lowest BCUT2D eigenvalue weighted by Crippen LogP contribution is -2.06. The van der Waals surface area contributed by atoms with Crippen LogP contribution in [0.25, 0.3) is 11.0 Å². The Kier molecular flexibility index (Phi) is 1.94. The number of aryl methyl sites for hydroxylation is 1. The van der Waals surface area contributed by atoms with E-state index in [1.54, 1.807) is 0 Å². The van der Waals surface area contributed by atoms with Gasteiger partial charge in [0.25, 0.3) is 0 Å². The highest BCUT2D eigenvalue weighted by Crippen LogP contribution is 2.24. The number of aromatic amines is 1. The van der Waals surface area contributed by atoms with Gasteiger partial charge in [-0.25, -0.2) is 4.68 Å². The van der Waals surface area contributed by atoms with Gasteiger partial charge in [0.15, 0.2) is 5.65 Å². The van der Waals surface area contributed by atoms with E-state index in [4.69, 9.17) is 5.73 Å². The zero-order valence-electron chi connectivity index (χ0n) is 8.70. The largest absolute Gasteiger partial charge is 0.383 e. The van der Waals surface area contributed by atoms with E-state index < -0.39 is 0 Å². The second-order valence-corrected chi connectivity index (χ2v) is 3.62. The standard InChI is InChI=1S/C9H15N5/c1-4-5(2)14-9-7(6(3)13-14)8(10)11-12-9/h5H,4H2,1-3H3,(H3,10,11,12). The number of H-pyrrole nitrogens is 1. The maximum absolute atomic E-state index is 5.76. The third-order valence-corrected chi connectivity index (χ3v) is 2.62. The molecule has 1 atom stereocenters. The molecule has 0 spiro atoms. The number of hydrogen-bond donors (Lipinski definition) is 2. The summed E-state index contributed by atoms with van der Waals surface area (Å²) < 4.78 is 1.93. The summed E-state index contributed by atoms with van der Waals surface area (Å²) in [6.45, 7) is 6.20. The van der Waals surface area contributed by atoms with Crippen LogP contribution in [0.2, 0.25) is 0 Å². The summed E-state index contributed by atoms with van der Waals surface area (Å²) >= 11 is 0. The van der Waals surface area contributed by atoms with Crippen LogP contribution in [0.4, 0.5) is 5.82 Å². The van der Waals surface area contributed by atoms with Gasteiger partial charge in [0, 0.05) is 0 Å². The lowest BCUT2D eigenvalue weighted by atomic mass is 10.2. The minimum absolute atomic E-state index is 0.355. The first-order valence-corrected chi connectivity index (χ1v) is 4.83. The molecule has 5 heteroatoms. The molecule has 76 valence electrons. The summed E-state index contributed by atoms with van der Waals surface area (Å²) in [5.74, 6) is 0.604. The fraction of sp³-hybridized carbons (Fsp3) is 0.556. The van der Waals surface area contributed by atoms with Crippen molar-refractivity contribution in [3.05, 3.63) is 5.69 Å². The molecule has 3 N–H and O–H groups in total. The number of nitrogen functional groups attached to an aromatic ring is 1. The van der Waals surface area contributed by atoms with Gasteiger partial charge in [-0.2, -0.15) is 10.2 Å². The van der Waals surface area contributed by atoms with Crippen molar-refractivity contribution in [3.63, 3.8) is 0 Å². The van der Waals surface area contributed by atoms with E-state index in [9.17, 15) is 0 Å². The summed E-state index contributed by atoms with van der Waals surface area (Å²) in [4.78, 5) is 0. The smallest absolute Gasteiger partial charge is 0.182 e. The third-order valence-electron chi connectivity index (χ3n) is 2.62. The van der Waals surface area contributed by atoms with Crippen molar-refractivity contribution >= 4 is 16.9 Å². The van der Waals surface area contributed by atoms with E-state index in [1.807, 2.05) is 11.6 Å². The summed E-state index contributed by atoms with van der Waals surface area (Å²) in [5.41, 5.74) is 7.55. The van der Waals surface area contributed by atoms with Gasteiger partial charge in [-0.3, -0.25) is 5.10 Å². The fourth-order valence-electron chi connectivity index (χ4n) is 1.61. The van der Waals surface area contributed by atoms with Crippen LogP contribution in [0, 0.1) is 6.92 Å². The van der Waals surface area contributed by atoms with E-state index in [0.717, 1.165) is 23.1 Å². The number of aromatic nitrogens is 4. The van der Waals surface area contributed by atoms with Gasteiger partial charge < -0.3 is 5.73 Å². The molecule has 0 saturated heterocycles. The number of nitrogens with zero attached hydrogens (tertiary/aromatic N) is 3. The number of anilines is 1. The van der Waals surface area contributed by atoms with Crippen molar-refractivity contribution in [1.29, 1.82) is 0 Å². The summed E-state index contributed by atoms with van der Waals surface area (Å²) in [5, 5.41) is 12.3. The second kappa shape index (κ2) is 3.01. The Morgan fingerprint density at radius 2 is 2.29 bits per heavy atom. The highest BCUT2D eigenvalue weighted by Gasteiger charge is 2.15. The van der Waals surface area contributed by atoms with Crippen LogP contribution < -0.4 is 5.73 Å². The molecule has 2 aromatic rings. The first-order valence-electron chi connectivity index (χ1n) is 4.83. The fourth-order valence-corrected chi connectivity index (χ4v) is 1.61. The van der Waals surface area contributed by atoms with Crippen molar-refractivity contribution in [2.75, 3.05) is 5.73 Å². The van der Waals surface area contributed by atoms with Crippen molar-refractivity contribution < 1.29 is 0 Å². The third kappa shape index (κ3) is 1.08. The number of rotatable bonds is 2. The zero-order chi connectivity index (χ0) is 10.3. The van der Waals surface area contributed by atoms with E-state index >= 15 is 0 Å². The number of nitrogens with two attached hydrogens (primary N) is 1. The van der Waals surface area contributed by atoms with Crippen molar-refractivity contribution in [1.82, 2.24) is 20.0 Å². The van der Waals surface area contributed by atoms with Crippen LogP contribution in [-0.2, 0) is 0 Å². The van der Waals surface area contributed by atoms with Gasteiger partial charge in [-0.05, 0) is 20.3 Å². The van der Waals surface area contributed by atoms with E-state index in [0.29, 0.717) is 11.9 Å². The Labute approximate surface area is 82.3 Å². The molecule has 0 amide bonds. The molecule has 0 radical (unpaired) electrons. The molecule has 5 nitrogen and oxygen atoms in total. The van der Waals surface area contributed by atoms with Crippen molar-refractivity contribution in [2.24, 2.45) is 0 Å². The molecule has 0 aliphatic carbocycles. The van der Waals surface area contributed by atoms with E-state index in [1.165, 1.54) is 0 Å². The average molecular weight is 193 g/mol. The Morgan fingerprint density at radius 3 is 2.93 bits per heavy atom. The molecule has 0 fully saturated rings. The average Bonchev–Trinajstić information content (AvgIpc) is 2.68. The Hall–Kier alpha value is -1.52. The monoisotopic (exact) mass is 193 g/mol. The summed E-state index contributed by atoms with van der Waals surface area (Å²) in [7, 11) is 0. The maximum Gasteiger partial charge on any atom is 0.182 e. The van der Waals surface area contributed by atoms with Gasteiger partial charge in [-0.15, -0.1) is 0 Å². The molecule has 14 heavy (non-hydrogen) atoms. The first kappa shape index (κ1) is 9.05. The first-order chi connectivity index (χ1) is 6.65. The molecule has 2 heterocycles. The number of nitrogens with one attached hydrogen (secondary N) is 1. The second-order valence-electron chi connectivity index (χ2n) is 3.62. The van der Waals surface area contributed by atoms with Crippen LogP contribution in [-0.4, -0.2) is 20.0 Å². The van der Waals surface area contributed by atoms with Gasteiger partial charge in [0.2, 0.25) is 0 Å². The Morgan fingerprint density at radius 1 is 1.57 bits per heavy atom. The molecule has 2 rings (SSSR count). The predicted molar refractivity (Wildman–Crippen MR) is 56.0 cm³/mol. The molecule has 0 aliphatic heterocycles. The van der Waals surface area contributed by atoms with Crippen molar-refractivity contribution in [2.45, 2.75) is 33.2 Å². The number of hydrogen-bond acceptors (Lipinski definition) is 3. The van der Waals surface area contributed by atoms with Crippen molar-refractivity contribution in [3.8, 4) is 0 Å². The summed E-state index contributed by atoms with van der Waals surface area (Å²) in [6.07, 6.45) is 1.03.